The van der Waals surface area contributed by atoms with E-state index in [1.807, 2.05) is 36.1 Å². The number of aromatic nitrogens is 2. The number of carbonyl (C=O) groups is 1. The number of benzene rings is 3. The number of hydrogen-bond donors (Lipinski definition) is 2. The Morgan fingerprint density at radius 2 is 1.67 bits per heavy atom. The van der Waals surface area contributed by atoms with Crippen molar-refractivity contribution in [3.8, 4) is 16.2 Å². The first kappa shape index (κ1) is 30.5. The van der Waals surface area contributed by atoms with Crippen molar-refractivity contribution < 1.29 is 14.6 Å². The molecule has 7 heteroatoms. The number of hydrogen-bond acceptors (Lipinski definition) is 5. The molecule has 0 saturated carbocycles. The van der Waals surface area contributed by atoms with Crippen molar-refractivity contribution in [2.45, 2.75) is 71.6 Å². The van der Waals surface area contributed by atoms with E-state index < -0.39 is 5.97 Å². The summed E-state index contributed by atoms with van der Waals surface area (Å²) in [5.74, 6) is 1.44. The van der Waals surface area contributed by atoms with E-state index in [9.17, 15) is 9.90 Å². The molecule has 0 fully saturated rings. The zero-order valence-electron chi connectivity index (χ0n) is 25.3. The first-order valence-corrected chi connectivity index (χ1v) is 16.1. The fourth-order valence-electron chi connectivity index (χ4n) is 5.61. The zero-order valence-corrected chi connectivity index (χ0v) is 26.1. The van der Waals surface area contributed by atoms with Gasteiger partial charge in [0.05, 0.1) is 23.6 Å². The van der Waals surface area contributed by atoms with Crippen LogP contribution in [0.15, 0.2) is 84.9 Å². The minimum absolute atomic E-state index is 0.0685. The Morgan fingerprint density at radius 3 is 2.35 bits per heavy atom. The predicted octanol–water partition coefficient (Wildman–Crippen LogP) is 9.20. The standard InChI is InChI=1S/C36H41N3O3S/c1-4-8-27(9-5-2)28-16-18-30(19-17-28)42-24-26-12-14-29(15-13-26)34-21-20-31(43-34)22-39(23-35(40)41)25(3)36-37-32-10-6-7-11-33(32)38-36/h6-7,10-21,25,27H,4-5,8-9,22-24H2,1-3H3,(H,37,38)(H,40,41). The highest BCUT2D eigenvalue weighted by atomic mass is 32.1. The molecule has 0 saturated heterocycles. The Kier molecular flexibility index (Phi) is 10.3. The number of aliphatic carboxylic acids is 1. The maximum absolute atomic E-state index is 11.7. The van der Waals surface area contributed by atoms with Crippen LogP contribution in [0, 0.1) is 0 Å². The molecule has 0 radical (unpaired) electrons. The number of H-pyrrole nitrogens is 1. The summed E-state index contributed by atoms with van der Waals surface area (Å²) in [5.41, 5.74) is 5.50. The van der Waals surface area contributed by atoms with Crippen molar-refractivity contribution in [1.29, 1.82) is 0 Å². The summed E-state index contributed by atoms with van der Waals surface area (Å²) < 4.78 is 6.09. The molecule has 0 aliphatic carbocycles. The summed E-state index contributed by atoms with van der Waals surface area (Å²) in [5, 5.41) is 9.62. The molecular formula is C36H41N3O3S. The predicted molar refractivity (Wildman–Crippen MR) is 176 cm³/mol. The number of carboxylic acids is 1. The molecule has 0 aliphatic heterocycles. The van der Waals surface area contributed by atoms with E-state index >= 15 is 0 Å². The molecular weight excluding hydrogens is 554 g/mol. The lowest BCUT2D eigenvalue weighted by Crippen LogP contribution is -2.32. The van der Waals surface area contributed by atoms with Crippen LogP contribution in [-0.2, 0) is 17.9 Å². The van der Waals surface area contributed by atoms with Gasteiger partial charge in [-0.2, -0.15) is 0 Å². The van der Waals surface area contributed by atoms with Gasteiger partial charge in [0.2, 0.25) is 0 Å². The van der Waals surface area contributed by atoms with Gasteiger partial charge in [-0.3, -0.25) is 9.69 Å². The SMILES string of the molecule is CCCC(CCC)c1ccc(OCc2ccc(-c3ccc(CN(CC(=O)O)C(C)c4nc5ccccc5[nH]4)s3)cc2)cc1. The van der Waals surface area contributed by atoms with Crippen molar-refractivity contribution in [1.82, 2.24) is 14.9 Å². The second kappa shape index (κ2) is 14.5. The molecule has 1 atom stereocenters. The quantitative estimate of drug-likeness (QED) is 0.126. The lowest BCUT2D eigenvalue weighted by atomic mass is 9.90. The van der Waals surface area contributed by atoms with E-state index in [-0.39, 0.29) is 12.6 Å². The molecule has 5 aromatic rings. The maximum atomic E-state index is 11.7. The second-order valence-corrected chi connectivity index (χ2v) is 12.4. The number of rotatable bonds is 15. The van der Waals surface area contributed by atoms with Gasteiger partial charge in [0, 0.05) is 16.3 Å². The van der Waals surface area contributed by atoms with Crippen LogP contribution in [0.2, 0.25) is 0 Å². The highest BCUT2D eigenvalue weighted by Gasteiger charge is 2.22. The number of para-hydroxylation sites is 2. The number of imidazole rings is 1. The van der Waals surface area contributed by atoms with Gasteiger partial charge in [-0.25, -0.2) is 4.98 Å². The normalized spacial score (nSPS) is 12.3. The number of thiophene rings is 1. The fourth-order valence-corrected chi connectivity index (χ4v) is 6.65. The first-order valence-electron chi connectivity index (χ1n) is 15.2. The van der Waals surface area contributed by atoms with Gasteiger partial charge in [-0.05, 0) is 78.8 Å². The highest BCUT2D eigenvalue weighted by molar-refractivity contribution is 7.15. The topological polar surface area (TPSA) is 78.4 Å². The van der Waals surface area contributed by atoms with Gasteiger partial charge < -0.3 is 14.8 Å². The highest BCUT2D eigenvalue weighted by Crippen LogP contribution is 2.32. The maximum Gasteiger partial charge on any atom is 0.317 e. The summed E-state index contributed by atoms with van der Waals surface area (Å²) >= 11 is 1.69. The third kappa shape index (κ3) is 7.92. The van der Waals surface area contributed by atoms with Crippen LogP contribution in [0.1, 0.15) is 80.2 Å². The molecule has 6 nitrogen and oxygen atoms in total. The summed E-state index contributed by atoms with van der Waals surface area (Å²) in [6.07, 6.45) is 4.87. The van der Waals surface area contributed by atoms with Gasteiger partial charge in [0.1, 0.15) is 18.2 Å². The van der Waals surface area contributed by atoms with E-state index in [0.717, 1.165) is 43.5 Å². The molecule has 1 unspecified atom stereocenters. The van der Waals surface area contributed by atoms with Crippen LogP contribution in [0.4, 0.5) is 0 Å². The van der Waals surface area contributed by atoms with E-state index in [2.05, 4.69) is 79.5 Å². The van der Waals surface area contributed by atoms with Crippen molar-refractivity contribution in [2.75, 3.05) is 6.54 Å². The van der Waals surface area contributed by atoms with E-state index in [4.69, 9.17) is 9.72 Å². The molecule has 3 aromatic carbocycles. The number of carboxylic acid groups (broad SMARTS) is 1. The molecule has 224 valence electrons. The Morgan fingerprint density at radius 1 is 0.953 bits per heavy atom. The second-order valence-electron chi connectivity index (χ2n) is 11.2. The van der Waals surface area contributed by atoms with Crippen LogP contribution in [0.25, 0.3) is 21.5 Å². The van der Waals surface area contributed by atoms with Crippen LogP contribution in [0.5, 0.6) is 5.75 Å². The molecule has 2 N–H and O–H groups in total. The fraction of sp³-hybridized carbons (Fsp3) is 0.333. The Labute approximate surface area is 258 Å². The van der Waals surface area contributed by atoms with Crippen molar-refractivity contribution in [3.05, 3.63) is 107 Å². The third-order valence-corrected chi connectivity index (χ3v) is 9.10. The molecule has 43 heavy (non-hydrogen) atoms. The zero-order chi connectivity index (χ0) is 30.2. The van der Waals surface area contributed by atoms with E-state index in [1.165, 1.54) is 31.2 Å². The molecule has 0 bridgehead atoms. The number of nitrogens with one attached hydrogen (secondary N) is 1. The summed E-state index contributed by atoms with van der Waals surface area (Å²) in [4.78, 5) is 24.0. The largest absolute Gasteiger partial charge is 0.489 e. The summed E-state index contributed by atoms with van der Waals surface area (Å²) in [7, 11) is 0. The molecule has 0 amide bonds. The Bertz CT molecular complexity index is 1570. The summed E-state index contributed by atoms with van der Waals surface area (Å²) in [6, 6.07) is 29.0. The lowest BCUT2D eigenvalue weighted by molar-refractivity contribution is -0.139. The van der Waals surface area contributed by atoms with Crippen LogP contribution >= 0.6 is 11.3 Å². The van der Waals surface area contributed by atoms with Crippen LogP contribution < -0.4 is 4.74 Å². The smallest absolute Gasteiger partial charge is 0.317 e. The molecule has 0 aliphatic rings. The van der Waals surface area contributed by atoms with Crippen molar-refractivity contribution >= 4 is 28.3 Å². The number of ether oxygens (including phenoxy) is 1. The number of fused-ring (bicyclic) bond motifs is 1. The molecule has 0 spiro atoms. The average Bonchev–Trinajstić information content (AvgIpc) is 3.67. The van der Waals surface area contributed by atoms with Crippen LogP contribution in [-0.4, -0.2) is 32.5 Å². The average molecular weight is 596 g/mol. The Balaban J connectivity index is 1.20. The van der Waals surface area contributed by atoms with Crippen molar-refractivity contribution in [2.24, 2.45) is 0 Å². The number of nitrogens with zero attached hydrogens (tertiary/aromatic N) is 2. The van der Waals surface area contributed by atoms with E-state index in [1.54, 1.807) is 11.3 Å². The molecule has 2 heterocycles. The van der Waals surface area contributed by atoms with E-state index in [0.29, 0.717) is 19.1 Å². The van der Waals surface area contributed by atoms with Gasteiger partial charge in [0.25, 0.3) is 0 Å². The van der Waals surface area contributed by atoms with Gasteiger partial charge in [-0.1, -0.05) is 75.2 Å². The molecule has 5 rings (SSSR count). The summed E-state index contributed by atoms with van der Waals surface area (Å²) in [6.45, 7) is 7.49. The van der Waals surface area contributed by atoms with Crippen molar-refractivity contribution in [3.63, 3.8) is 0 Å². The van der Waals surface area contributed by atoms with Gasteiger partial charge in [-0.15, -0.1) is 11.3 Å². The first-order chi connectivity index (χ1) is 20.9. The lowest BCUT2D eigenvalue weighted by Gasteiger charge is -2.25. The molecule has 2 aromatic heterocycles. The minimum atomic E-state index is -0.856. The Hall–Kier alpha value is -3.94. The number of aromatic amines is 1. The van der Waals surface area contributed by atoms with Gasteiger partial charge >= 0.3 is 5.97 Å². The minimum Gasteiger partial charge on any atom is -0.489 e. The van der Waals surface area contributed by atoms with Crippen LogP contribution in [0.3, 0.4) is 0 Å². The monoisotopic (exact) mass is 595 g/mol. The van der Waals surface area contributed by atoms with Gasteiger partial charge in [0.15, 0.2) is 0 Å². The third-order valence-electron chi connectivity index (χ3n) is 7.98.